The van der Waals surface area contributed by atoms with Gasteiger partial charge < -0.3 is 10.0 Å². The summed E-state index contributed by atoms with van der Waals surface area (Å²) in [4.78, 5) is 12.8. The fraction of sp³-hybridized carbons (Fsp3) is 0.889. The van der Waals surface area contributed by atoms with Crippen LogP contribution in [-0.2, 0) is 4.79 Å². The van der Waals surface area contributed by atoms with Crippen molar-refractivity contribution >= 4 is 5.97 Å². The molecule has 0 radical (unpaired) electrons. The monoisotopic (exact) mass is 171 g/mol. The Bertz CT molecular complexity index is 160. The lowest BCUT2D eigenvalue weighted by Gasteiger charge is -2.30. The fourth-order valence-electron chi connectivity index (χ4n) is 1.84. The average Bonchev–Trinajstić information content (AvgIpc) is 2.04. The van der Waals surface area contributed by atoms with Crippen molar-refractivity contribution in [3.05, 3.63) is 0 Å². The Morgan fingerprint density at radius 3 is 2.08 bits per heavy atom. The van der Waals surface area contributed by atoms with Crippen LogP contribution in [0.15, 0.2) is 0 Å². The molecule has 1 N–H and O–H groups in total. The van der Waals surface area contributed by atoms with E-state index >= 15 is 0 Å². The summed E-state index contributed by atoms with van der Waals surface area (Å²) in [5.41, 5.74) is 0. The number of carboxylic acid groups (broad SMARTS) is 1. The third-order valence-corrected chi connectivity index (χ3v) is 2.78. The Hall–Kier alpha value is -0.570. The van der Waals surface area contributed by atoms with E-state index in [9.17, 15) is 4.79 Å². The molecule has 0 bridgehead atoms. The summed E-state index contributed by atoms with van der Waals surface area (Å²) in [7, 11) is 4.12. The van der Waals surface area contributed by atoms with Crippen LogP contribution in [0.25, 0.3) is 0 Å². The van der Waals surface area contributed by atoms with Crippen LogP contribution in [0.4, 0.5) is 0 Å². The van der Waals surface area contributed by atoms with Crippen molar-refractivity contribution in [2.24, 2.45) is 5.92 Å². The molecule has 0 aromatic rings. The molecule has 1 aliphatic carbocycles. The van der Waals surface area contributed by atoms with Gasteiger partial charge >= 0.3 is 5.97 Å². The minimum absolute atomic E-state index is 0.0822. The first-order valence-electron chi connectivity index (χ1n) is 4.50. The molecule has 1 saturated carbocycles. The van der Waals surface area contributed by atoms with Gasteiger partial charge in [-0.3, -0.25) is 4.79 Å². The van der Waals surface area contributed by atoms with Crippen molar-refractivity contribution in [1.82, 2.24) is 4.90 Å². The summed E-state index contributed by atoms with van der Waals surface area (Å²) < 4.78 is 0. The molecule has 0 amide bonds. The number of nitrogens with zero attached hydrogens (tertiary/aromatic N) is 1. The third kappa shape index (κ3) is 2.21. The van der Waals surface area contributed by atoms with Crippen LogP contribution in [0.3, 0.4) is 0 Å². The van der Waals surface area contributed by atoms with Gasteiger partial charge in [0.2, 0.25) is 0 Å². The Morgan fingerprint density at radius 1 is 1.25 bits per heavy atom. The standard InChI is InChI=1S/C9H17NO2/c1-10(2)8-5-3-7(4-6-8)9(11)12/h7-8H,3-6H2,1-2H3,(H,11,12). The fourth-order valence-corrected chi connectivity index (χ4v) is 1.84. The van der Waals surface area contributed by atoms with Crippen molar-refractivity contribution in [3.8, 4) is 0 Å². The van der Waals surface area contributed by atoms with E-state index < -0.39 is 5.97 Å². The zero-order chi connectivity index (χ0) is 9.14. The van der Waals surface area contributed by atoms with E-state index in [0.29, 0.717) is 6.04 Å². The van der Waals surface area contributed by atoms with Crippen molar-refractivity contribution in [2.45, 2.75) is 31.7 Å². The highest BCUT2D eigenvalue weighted by atomic mass is 16.4. The van der Waals surface area contributed by atoms with Crippen molar-refractivity contribution in [2.75, 3.05) is 14.1 Å². The van der Waals surface area contributed by atoms with E-state index in [1.807, 2.05) is 0 Å². The van der Waals surface area contributed by atoms with E-state index in [-0.39, 0.29) is 5.92 Å². The van der Waals surface area contributed by atoms with Crippen LogP contribution in [0.2, 0.25) is 0 Å². The molecule has 3 nitrogen and oxygen atoms in total. The summed E-state index contributed by atoms with van der Waals surface area (Å²) in [6.07, 6.45) is 3.75. The number of carbonyl (C=O) groups is 1. The maximum Gasteiger partial charge on any atom is 0.306 e. The van der Waals surface area contributed by atoms with Gasteiger partial charge in [0.15, 0.2) is 0 Å². The molecule has 1 rings (SSSR count). The van der Waals surface area contributed by atoms with Crippen molar-refractivity contribution in [1.29, 1.82) is 0 Å². The van der Waals surface area contributed by atoms with Gasteiger partial charge in [0.1, 0.15) is 0 Å². The Kier molecular flexibility index (Phi) is 3.09. The zero-order valence-corrected chi connectivity index (χ0v) is 7.79. The van der Waals surface area contributed by atoms with Gasteiger partial charge in [-0.25, -0.2) is 0 Å². The first-order chi connectivity index (χ1) is 5.61. The quantitative estimate of drug-likeness (QED) is 0.678. The summed E-state index contributed by atoms with van der Waals surface area (Å²) in [6, 6.07) is 0.598. The SMILES string of the molecule is CN(C)C1CCC(C(=O)O)CC1. The molecule has 0 saturated heterocycles. The first-order valence-corrected chi connectivity index (χ1v) is 4.50. The van der Waals surface area contributed by atoms with Gasteiger partial charge in [-0.1, -0.05) is 0 Å². The van der Waals surface area contributed by atoms with Crippen LogP contribution < -0.4 is 0 Å². The largest absolute Gasteiger partial charge is 0.481 e. The molecular weight excluding hydrogens is 154 g/mol. The molecular formula is C9H17NO2. The Balaban J connectivity index is 2.34. The van der Waals surface area contributed by atoms with E-state index in [4.69, 9.17) is 5.11 Å². The highest BCUT2D eigenvalue weighted by Crippen LogP contribution is 2.26. The molecule has 0 spiro atoms. The molecule has 0 aromatic carbocycles. The third-order valence-electron chi connectivity index (χ3n) is 2.78. The van der Waals surface area contributed by atoms with Crippen LogP contribution in [0.5, 0.6) is 0 Å². The van der Waals surface area contributed by atoms with E-state index in [1.54, 1.807) is 0 Å². The minimum atomic E-state index is -0.618. The number of aliphatic carboxylic acids is 1. The van der Waals surface area contributed by atoms with Gasteiger partial charge in [-0.2, -0.15) is 0 Å². The highest BCUT2D eigenvalue weighted by molar-refractivity contribution is 5.70. The van der Waals surface area contributed by atoms with Crippen LogP contribution >= 0.6 is 0 Å². The number of rotatable bonds is 2. The molecule has 1 aliphatic rings. The highest BCUT2D eigenvalue weighted by Gasteiger charge is 2.26. The molecule has 3 heteroatoms. The second kappa shape index (κ2) is 3.90. The number of hydrogen-bond donors (Lipinski definition) is 1. The van der Waals surface area contributed by atoms with E-state index in [0.717, 1.165) is 25.7 Å². The normalized spacial score (nSPS) is 30.6. The van der Waals surface area contributed by atoms with Crippen LogP contribution in [0.1, 0.15) is 25.7 Å². The lowest BCUT2D eigenvalue weighted by Crippen LogP contribution is -2.33. The maximum atomic E-state index is 10.6. The molecule has 0 atom stereocenters. The molecule has 1 fully saturated rings. The summed E-state index contributed by atoms with van der Waals surface area (Å²) in [6.45, 7) is 0. The number of carboxylic acids is 1. The predicted octanol–water partition coefficient (Wildman–Crippen LogP) is 1.19. The predicted molar refractivity (Wildman–Crippen MR) is 47.1 cm³/mol. The second-order valence-electron chi connectivity index (χ2n) is 3.81. The molecule has 12 heavy (non-hydrogen) atoms. The topological polar surface area (TPSA) is 40.5 Å². The lowest BCUT2D eigenvalue weighted by molar-refractivity contribution is -0.143. The van der Waals surface area contributed by atoms with E-state index in [1.165, 1.54) is 0 Å². The minimum Gasteiger partial charge on any atom is -0.481 e. The first kappa shape index (κ1) is 9.52. The second-order valence-corrected chi connectivity index (χ2v) is 3.81. The van der Waals surface area contributed by atoms with Crippen molar-refractivity contribution in [3.63, 3.8) is 0 Å². The van der Waals surface area contributed by atoms with Crippen LogP contribution in [0, 0.1) is 5.92 Å². The molecule has 0 aromatic heterocycles. The molecule has 0 aliphatic heterocycles. The maximum absolute atomic E-state index is 10.6. The van der Waals surface area contributed by atoms with Gasteiger partial charge in [0.25, 0.3) is 0 Å². The molecule has 0 unspecified atom stereocenters. The lowest BCUT2D eigenvalue weighted by atomic mass is 9.86. The van der Waals surface area contributed by atoms with Gasteiger partial charge in [0, 0.05) is 6.04 Å². The number of hydrogen-bond acceptors (Lipinski definition) is 2. The summed E-state index contributed by atoms with van der Waals surface area (Å²) in [5, 5.41) is 8.75. The van der Waals surface area contributed by atoms with Gasteiger partial charge in [0.05, 0.1) is 5.92 Å². The van der Waals surface area contributed by atoms with Crippen molar-refractivity contribution < 1.29 is 9.90 Å². The van der Waals surface area contributed by atoms with E-state index in [2.05, 4.69) is 19.0 Å². The average molecular weight is 171 g/mol. The summed E-state index contributed by atoms with van der Waals surface area (Å²) in [5.74, 6) is -0.701. The van der Waals surface area contributed by atoms with Gasteiger partial charge in [-0.15, -0.1) is 0 Å². The Morgan fingerprint density at radius 2 is 1.75 bits per heavy atom. The smallest absolute Gasteiger partial charge is 0.306 e. The zero-order valence-electron chi connectivity index (χ0n) is 7.79. The molecule has 70 valence electrons. The summed E-state index contributed by atoms with van der Waals surface area (Å²) >= 11 is 0. The van der Waals surface area contributed by atoms with Gasteiger partial charge in [-0.05, 0) is 39.8 Å². The Labute approximate surface area is 73.4 Å². The van der Waals surface area contributed by atoms with Crippen LogP contribution in [-0.4, -0.2) is 36.1 Å². The molecule has 0 heterocycles.